The Hall–Kier alpha value is -0.380. The zero-order valence-corrected chi connectivity index (χ0v) is 10.2. The highest BCUT2D eigenvalue weighted by Gasteiger charge is 2.01. The lowest BCUT2D eigenvalue weighted by atomic mass is 10.2. The van der Waals surface area contributed by atoms with Crippen LogP contribution < -0.4 is 0 Å². The summed E-state index contributed by atoms with van der Waals surface area (Å²) in [5.74, 6) is 0.594. The SMILES string of the molecule is O=C(O)CCSCc1ccc(Cl)c(Cl)c1. The molecule has 82 valence electrons. The number of hydrogen-bond donors (Lipinski definition) is 1. The van der Waals surface area contributed by atoms with E-state index in [1.807, 2.05) is 6.07 Å². The summed E-state index contributed by atoms with van der Waals surface area (Å²) < 4.78 is 0. The molecule has 0 amide bonds. The van der Waals surface area contributed by atoms with Crippen molar-refractivity contribution in [2.24, 2.45) is 0 Å². The van der Waals surface area contributed by atoms with Crippen molar-refractivity contribution in [3.05, 3.63) is 33.8 Å². The first-order valence-electron chi connectivity index (χ1n) is 4.33. The molecule has 0 radical (unpaired) electrons. The second kappa shape index (κ2) is 6.26. The molecule has 2 nitrogen and oxygen atoms in total. The Kier molecular flexibility index (Phi) is 5.29. The molecule has 0 aliphatic heterocycles. The Morgan fingerprint density at radius 3 is 2.67 bits per heavy atom. The highest BCUT2D eigenvalue weighted by molar-refractivity contribution is 7.98. The fourth-order valence-electron chi connectivity index (χ4n) is 0.979. The van der Waals surface area contributed by atoms with Gasteiger partial charge in [-0.25, -0.2) is 0 Å². The van der Waals surface area contributed by atoms with Crippen LogP contribution in [-0.2, 0) is 10.5 Å². The summed E-state index contributed by atoms with van der Waals surface area (Å²) in [7, 11) is 0. The van der Waals surface area contributed by atoms with Gasteiger partial charge >= 0.3 is 5.97 Å². The van der Waals surface area contributed by atoms with Crippen molar-refractivity contribution in [2.75, 3.05) is 5.75 Å². The molecule has 0 aromatic heterocycles. The fraction of sp³-hybridized carbons (Fsp3) is 0.300. The highest BCUT2D eigenvalue weighted by Crippen LogP contribution is 2.24. The molecule has 0 unspecified atom stereocenters. The van der Waals surface area contributed by atoms with E-state index in [1.165, 1.54) is 0 Å². The number of thioether (sulfide) groups is 1. The second-order valence-electron chi connectivity index (χ2n) is 2.94. The van der Waals surface area contributed by atoms with Crippen molar-refractivity contribution >= 4 is 40.9 Å². The van der Waals surface area contributed by atoms with Gasteiger partial charge in [0, 0.05) is 11.5 Å². The standard InChI is InChI=1S/C10H10Cl2O2S/c11-8-2-1-7(5-9(8)12)6-15-4-3-10(13)14/h1-2,5H,3-4,6H2,(H,13,14). The monoisotopic (exact) mass is 264 g/mol. The summed E-state index contributed by atoms with van der Waals surface area (Å²) in [4.78, 5) is 10.3. The molecular formula is C10H10Cl2O2S. The first-order chi connectivity index (χ1) is 7.09. The minimum atomic E-state index is -0.767. The van der Waals surface area contributed by atoms with Crippen LogP contribution in [0.3, 0.4) is 0 Å². The molecule has 0 aliphatic carbocycles. The lowest BCUT2D eigenvalue weighted by Crippen LogP contribution is -1.96. The van der Waals surface area contributed by atoms with Crippen molar-refractivity contribution in [3.8, 4) is 0 Å². The number of rotatable bonds is 5. The molecule has 0 saturated carbocycles. The molecular weight excluding hydrogens is 255 g/mol. The van der Waals surface area contributed by atoms with E-state index in [-0.39, 0.29) is 6.42 Å². The fourth-order valence-corrected chi connectivity index (χ4v) is 2.18. The number of carboxylic acid groups (broad SMARTS) is 1. The van der Waals surface area contributed by atoms with Crippen molar-refractivity contribution < 1.29 is 9.90 Å². The van der Waals surface area contributed by atoms with E-state index in [0.717, 1.165) is 11.3 Å². The van der Waals surface area contributed by atoms with Crippen LogP contribution in [0.1, 0.15) is 12.0 Å². The smallest absolute Gasteiger partial charge is 0.304 e. The van der Waals surface area contributed by atoms with Gasteiger partial charge in [-0.2, -0.15) is 11.8 Å². The third-order valence-corrected chi connectivity index (χ3v) is 3.48. The maximum Gasteiger partial charge on any atom is 0.304 e. The summed E-state index contributed by atoms with van der Waals surface area (Å²) in [5, 5.41) is 9.51. The zero-order chi connectivity index (χ0) is 11.3. The Balaban J connectivity index is 2.38. The third kappa shape index (κ3) is 4.78. The summed E-state index contributed by atoms with van der Waals surface area (Å²) in [6.07, 6.45) is 0.186. The minimum Gasteiger partial charge on any atom is -0.481 e. The maximum atomic E-state index is 10.3. The molecule has 1 aromatic rings. The summed E-state index contributed by atoms with van der Waals surface area (Å²) in [6.45, 7) is 0. The van der Waals surface area contributed by atoms with Crippen molar-refractivity contribution in [1.29, 1.82) is 0 Å². The number of carboxylic acids is 1. The average molecular weight is 265 g/mol. The molecule has 0 aliphatic rings. The van der Waals surface area contributed by atoms with Crippen molar-refractivity contribution in [2.45, 2.75) is 12.2 Å². The van der Waals surface area contributed by atoms with Crippen LogP contribution in [0.5, 0.6) is 0 Å². The van der Waals surface area contributed by atoms with E-state index < -0.39 is 5.97 Å². The van der Waals surface area contributed by atoms with Crippen molar-refractivity contribution in [1.82, 2.24) is 0 Å². The normalized spacial score (nSPS) is 10.3. The molecule has 15 heavy (non-hydrogen) atoms. The van der Waals surface area contributed by atoms with Crippen LogP contribution in [-0.4, -0.2) is 16.8 Å². The van der Waals surface area contributed by atoms with Crippen LogP contribution in [0.2, 0.25) is 10.0 Å². The Morgan fingerprint density at radius 1 is 1.33 bits per heavy atom. The van der Waals surface area contributed by atoms with Gasteiger partial charge in [-0.1, -0.05) is 29.3 Å². The zero-order valence-electron chi connectivity index (χ0n) is 7.87. The van der Waals surface area contributed by atoms with E-state index >= 15 is 0 Å². The number of halogens is 2. The predicted octanol–water partition coefficient (Wildman–Crippen LogP) is 3.70. The van der Waals surface area contributed by atoms with Gasteiger partial charge in [0.05, 0.1) is 16.5 Å². The molecule has 1 aromatic carbocycles. The topological polar surface area (TPSA) is 37.3 Å². The Labute approximate surface area is 103 Å². The van der Waals surface area contributed by atoms with E-state index in [2.05, 4.69) is 0 Å². The first kappa shape index (κ1) is 12.7. The molecule has 1 N–H and O–H groups in total. The van der Waals surface area contributed by atoms with E-state index in [1.54, 1.807) is 23.9 Å². The van der Waals surface area contributed by atoms with Gasteiger partial charge in [0.25, 0.3) is 0 Å². The summed E-state index contributed by atoms with van der Waals surface area (Å²) >= 11 is 13.2. The highest BCUT2D eigenvalue weighted by atomic mass is 35.5. The van der Waals surface area contributed by atoms with Gasteiger partial charge in [-0.3, -0.25) is 4.79 Å². The van der Waals surface area contributed by atoms with Crippen LogP contribution in [0.25, 0.3) is 0 Å². The van der Waals surface area contributed by atoms with Gasteiger partial charge in [0.2, 0.25) is 0 Å². The lowest BCUT2D eigenvalue weighted by Gasteiger charge is -2.02. The van der Waals surface area contributed by atoms with Gasteiger partial charge in [0.15, 0.2) is 0 Å². The number of aliphatic carboxylic acids is 1. The van der Waals surface area contributed by atoms with Crippen LogP contribution in [0.4, 0.5) is 0 Å². The predicted molar refractivity (Wildman–Crippen MR) is 64.9 cm³/mol. The van der Waals surface area contributed by atoms with Gasteiger partial charge in [-0.15, -0.1) is 0 Å². The first-order valence-corrected chi connectivity index (χ1v) is 6.24. The van der Waals surface area contributed by atoms with Crippen LogP contribution >= 0.6 is 35.0 Å². The van der Waals surface area contributed by atoms with Gasteiger partial charge < -0.3 is 5.11 Å². The molecule has 0 bridgehead atoms. The summed E-state index contributed by atoms with van der Waals surface area (Å²) in [6, 6.07) is 5.44. The molecule has 0 atom stereocenters. The number of hydrogen-bond acceptors (Lipinski definition) is 2. The van der Waals surface area contributed by atoms with E-state index in [4.69, 9.17) is 28.3 Å². The maximum absolute atomic E-state index is 10.3. The average Bonchev–Trinajstić information content (AvgIpc) is 2.18. The molecule has 0 fully saturated rings. The van der Waals surface area contributed by atoms with E-state index in [0.29, 0.717) is 15.8 Å². The lowest BCUT2D eigenvalue weighted by molar-refractivity contribution is -0.136. The third-order valence-electron chi connectivity index (χ3n) is 1.71. The minimum absolute atomic E-state index is 0.186. The largest absolute Gasteiger partial charge is 0.481 e. The molecule has 1 rings (SSSR count). The molecule has 0 heterocycles. The van der Waals surface area contributed by atoms with Gasteiger partial charge in [0.1, 0.15) is 0 Å². The van der Waals surface area contributed by atoms with Crippen LogP contribution in [0, 0.1) is 0 Å². The molecule has 0 saturated heterocycles. The van der Waals surface area contributed by atoms with E-state index in [9.17, 15) is 4.79 Å². The van der Waals surface area contributed by atoms with Crippen LogP contribution in [0.15, 0.2) is 18.2 Å². The second-order valence-corrected chi connectivity index (χ2v) is 4.86. The summed E-state index contributed by atoms with van der Waals surface area (Å²) in [5.41, 5.74) is 1.06. The Morgan fingerprint density at radius 2 is 2.07 bits per heavy atom. The van der Waals surface area contributed by atoms with Gasteiger partial charge in [-0.05, 0) is 17.7 Å². The number of carbonyl (C=O) groups is 1. The number of benzene rings is 1. The quantitative estimate of drug-likeness (QED) is 0.825. The Bertz CT molecular complexity index is 355. The van der Waals surface area contributed by atoms with Crippen molar-refractivity contribution in [3.63, 3.8) is 0 Å². The molecule has 5 heteroatoms. The molecule has 0 spiro atoms.